The highest BCUT2D eigenvalue weighted by Gasteiger charge is 2.19. The van der Waals surface area contributed by atoms with Crippen LogP contribution in [0, 0.1) is 11.7 Å². The fourth-order valence-corrected chi connectivity index (χ4v) is 4.29. The summed E-state index contributed by atoms with van der Waals surface area (Å²) in [4.78, 5) is 12.5. The minimum Gasteiger partial charge on any atom is -0.323 e. The van der Waals surface area contributed by atoms with Gasteiger partial charge < -0.3 is 9.88 Å². The maximum absolute atomic E-state index is 14.3. The average Bonchev–Trinajstić information content (AvgIpc) is 3.34. The normalized spacial score (nSPS) is 11.3. The van der Waals surface area contributed by atoms with Gasteiger partial charge in [-0.3, -0.25) is 4.79 Å². The Morgan fingerprint density at radius 2 is 2.00 bits per heavy atom. The van der Waals surface area contributed by atoms with Crippen LogP contribution in [0.2, 0.25) is 0 Å². The van der Waals surface area contributed by atoms with Gasteiger partial charge in [-0.1, -0.05) is 43.8 Å². The molecular weight excluding hydrogens is 423 g/mol. The molecule has 2 aromatic carbocycles. The van der Waals surface area contributed by atoms with Gasteiger partial charge in [0, 0.05) is 6.54 Å². The van der Waals surface area contributed by atoms with Crippen molar-refractivity contribution in [2.45, 2.75) is 25.5 Å². The van der Waals surface area contributed by atoms with E-state index in [2.05, 4.69) is 38.1 Å². The van der Waals surface area contributed by atoms with Crippen LogP contribution in [0.1, 0.15) is 13.8 Å². The molecule has 1 N–H and O–H groups in total. The second kappa shape index (κ2) is 8.88. The standard InChI is InChI=1S/C20H19FN6OS2/c1-12(2)10-27-19(13-6-3-4-7-14(13)21)23-24-20(27)29-11-17(28)22-15-8-5-9-16-18(15)26-30-25-16/h3-9,12H,10-11H2,1-2H3,(H,22,28). The second-order valence-corrected chi connectivity index (χ2v) is 8.54. The quantitative estimate of drug-likeness (QED) is 0.425. The predicted molar refractivity (Wildman–Crippen MR) is 117 cm³/mol. The molecule has 0 unspecified atom stereocenters. The summed E-state index contributed by atoms with van der Waals surface area (Å²) in [6.45, 7) is 4.74. The van der Waals surface area contributed by atoms with Gasteiger partial charge in [0.15, 0.2) is 11.0 Å². The SMILES string of the molecule is CC(C)Cn1c(SCC(=O)Nc2cccc3nsnc23)nnc1-c1ccccc1F. The lowest BCUT2D eigenvalue weighted by molar-refractivity contribution is -0.113. The van der Waals surface area contributed by atoms with Crippen molar-refractivity contribution in [3.05, 3.63) is 48.3 Å². The summed E-state index contributed by atoms with van der Waals surface area (Å²) < 4.78 is 24.6. The number of hydrogen-bond acceptors (Lipinski definition) is 7. The Kier molecular flexibility index (Phi) is 6.05. The molecule has 0 radical (unpaired) electrons. The number of carbonyl (C=O) groups excluding carboxylic acids is 1. The van der Waals surface area contributed by atoms with Gasteiger partial charge in [0.05, 0.1) is 28.7 Å². The van der Waals surface area contributed by atoms with Crippen LogP contribution in [-0.4, -0.2) is 35.2 Å². The third kappa shape index (κ3) is 4.34. The third-order valence-corrected chi connectivity index (χ3v) is 5.78. The van der Waals surface area contributed by atoms with Crippen molar-refractivity contribution in [2.75, 3.05) is 11.1 Å². The highest BCUT2D eigenvalue weighted by Crippen LogP contribution is 2.27. The zero-order valence-electron chi connectivity index (χ0n) is 16.4. The first-order valence-corrected chi connectivity index (χ1v) is 11.1. The molecule has 154 valence electrons. The maximum Gasteiger partial charge on any atom is 0.234 e. The number of thioether (sulfide) groups is 1. The van der Waals surface area contributed by atoms with E-state index >= 15 is 0 Å². The van der Waals surface area contributed by atoms with Crippen molar-refractivity contribution in [2.24, 2.45) is 5.92 Å². The number of carbonyl (C=O) groups is 1. The molecule has 0 spiro atoms. The van der Waals surface area contributed by atoms with E-state index in [1.807, 2.05) is 16.7 Å². The Balaban J connectivity index is 1.52. The first-order valence-electron chi connectivity index (χ1n) is 9.35. The number of fused-ring (bicyclic) bond motifs is 1. The molecule has 0 saturated heterocycles. The molecular formula is C20H19FN6OS2. The van der Waals surface area contributed by atoms with Gasteiger partial charge >= 0.3 is 0 Å². The summed E-state index contributed by atoms with van der Waals surface area (Å²) in [6, 6.07) is 12.0. The number of benzene rings is 2. The zero-order chi connectivity index (χ0) is 21.1. The first-order chi connectivity index (χ1) is 14.5. The number of nitrogens with zero attached hydrogens (tertiary/aromatic N) is 5. The molecule has 0 bridgehead atoms. The zero-order valence-corrected chi connectivity index (χ0v) is 18.0. The van der Waals surface area contributed by atoms with Crippen molar-refractivity contribution >= 4 is 46.1 Å². The monoisotopic (exact) mass is 442 g/mol. The average molecular weight is 443 g/mol. The highest BCUT2D eigenvalue weighted by atomic mass is 32.2. The Labute approximate surface area is 181 Å². The Hall–Kier alpha value is -2.85. The molecule has 2 aromatic heterocycles. The maximum atomic E-state index is 14.3. The molecule has 0 aliphatic heterocycles. The van der Waals surface area contributed by atoms with Crippen molar-refractivity contribution in [1.82, 2.24) is 23.5 Å². The summed E-state index contributed by atoms with van der Waals surface area (Å²) in [5.41, 5.74) is 2.44. The minimum absolute atomic E-state index is 0.140. The number of aromatic nitrogens is 5. The van der Waals surface area contributed by atoms with Crippen molar-refractivity contribution in [3.63, 3.8) is 0 Å². The van der Waals surface area contributed by atoms with Crippen LogP contribution in [-0.2, 0) is 11.3 Å². The molecule has 0 aliphatic rings. The molecule has 4 rings (SSSR count). The summed E-state index contributed by atoms with van der Waals surface area (Å²) in [5, 5.41) is 11.9. The summed E-state index contributed by atoms with van der Waals surface area (Å²) in [7, 11) is 0. The van der Waals surface area contributed by atoms with Crippen LogP contribution >= 0.6 is 23.5 Å². The van der Waals surface area contributed by atoms with E-state index in [-0.39, 0.29) is 17.5 Å². The molecule has 0 fully saturated rings. The molecule has 2 heterocycles. The minimum atomic E-state index is -0.353. The van der Waals surface area contributed by atoms with E-state index in [1.54, 1.807) is 24.3 Å². The number of anilines is 1. The smallest absolute Gasteiger partial charge is 0.234 e. The summed E-state index contributed by atoms with van der Waals surface area (Å²) in [6.07, 6.45) is 0. The van der Waals surface area contributed by atoms with Crippen molar-refractivity contribution in [1.29, 1.82) is 0 Å². The Bertz CT molecular complexity index is 1190. The van der Waals surface area contributed by atoms with E-state index in [1.165, 1.54) is 17.8 Å². The Morgan fingerprint density at radius 3 is 2.80 bits per heavy atom. The number of nitrogens with one attached hydrogen (secondary N) is 1. The van der Waals surface area contributed by atoms with Crippen molar-refractivity contribution < 1.29 is 9.18 Å². The summed E-state index contributed by atoms with van der Waals surface area (Å²) in [5.74, 6) is 0.361. The highest BCUT2D eigenvalue weighted by molar-refractivity contribution is 7.99. The molecule has 0 atom stereocenters. The molecule has 10 heteroatoms. The molecule has 30 heavy (non-hydrogen) atoms. The summed E-state index contributed by atoms with van der Waals surface area (Å²) >= 11 is 2.37. The van der Waals surface area contributed by atoms with Crippen molar-refractivity contribution in [3.8, 4) is 11.4 Å². The fraction of sp³-hybridized carbons (Fsp3) is 0.250. The molecule has 4 aromatic rings. The Morgan fingerprint density at radius 1 is 1.17 bits per heavy atom. The lowest BCUT2D eigenvalue weighted by Gasteiger charge is -2.13. The number of hydrogen-bond donors (Lipinski definition) is 1. The van der Waals surface area contributed by atoms with Crippen LogP contribution in [0.15, 0.2) is 47.6 Å². The van der Waals surface area contributed by atoms with Gasteiger partial charge in [0.2, 0.25) is 5.91 Å². The number of rotatable bonds is 7. The molecule has 0 aliphatic carbocycles. The van der Waals surface area contributed by atoms with Crippen LogP contribution < -0.4 is 5.32 Å². The second-order valence-electron chi connectivity index (χ2n) is 7.06. The fourth-order valence-electron chi connectivity index (χ4n) is 2.99. The van der Waals surface area contributed by atoms with Gasteiger partial charge in [0.25, 0.3) is 0 Å². The molecule has 7 nitrogen and oxygen atoms in total. The van der Waals surface area contributed by atoms with Crippen LogP contribution in [0.4, 0.5) is 10.1 Å². The lowest BCUT2D eigenvalue weighted by Crippen LogP contribution is -2.15. The number of amides is 1. The van der Waals surface area contributed by atoms with Crippen LogP contribution in [0.3, 0.4) is 0 Å². The number of halogens is 1. The van der Waals surface area contributed by atoms with E-state index in [4.69, 9.17) is 0 Å². The van der Waals surface area contributed by atoms with Crippen LogP contribution in [0.25, 0.3) is 22.4 Å². The lowest BCUT2D eigenvalue weighted by atomic mass is 10.2. The van der Waals surface area contributed by atoms with Gasteiger partial charge in [-0.05, 0) is 30.2 Å². The van der Waals surface area contributed by atoms with Gasteiger partial charge in [-0.25, -0.2) is 4.39 Å². The topological polar surface area (TPSA) is 85.6 Å². The van der Waals surface area contributed by atoms with E-state index in [9.17, 15) is 9.18 Å². The van der Waals surface area contributed by atoms with Gasteiger partial charge in [0.1, 0.15) is 16.9 Å². The van der Waals surface area contributed by atoms with Crippen LogP contribution in [0.5, 0.6) is 0 Å². The van der Waals surface area contributed by atoms with E-state index in [0.717, 1.165) is 17.2 Å². The first kappa shape index (κ1) is 20.4. The van der Waals surface area contributed by atoms with E-state index in [0.29, 0.717) is 40.2 Å². The van der Waals surface area contributed by atoms with Gasteiger partial charge in [-0.15, -0.1) is 10.2 Å². The predicted octanol–water partition coefficient (Wildman–Crippen LogP) is 4.48. The molecule has 0 saturated carbocycles. The van der Waals surface area contributed by atoms with E-state index < -0.39 is 0 Å². The van der Waals surface area contributed by atoms with Gasteiger partial charge in [-0.2, -0.15) is 8.75 Å². The molecule has 1 amide bonds. The largest absolute Gasteiger partial charge is 0.323 e. The third-order valence-electron chi connectivity index (χ3n) is 4.27.